The fourth-order valence-corrected chi connectivity index (χ4v) is 3.08. The lowest BCUT2D eigenvalue weighted by Gasteiger charge is -2.19. The maximum absolute atomic E-state index is 11.7. The minimum atomic E-state index is -3.78. The number of esters is 1. The van der Waals surface area contributed by atoms with E-state index in [2.05, 4.69) is 4.74 Å². The van der Waals surface area contributed by atoms with Crippen LogP contribution in [-0.2, 0) is 24.3 Å². The third-order valence-corrected chi connectivity index (χ3v) is 4.57. The molecule has 1 saturated heterocycles. The Labute approximate surface area is 99.4 Å². The van der Waals surface area contributed by atoms with Gasteiger partial charge in [-0.2, -0.15) is 0 Å². The summed E-state index contributed by atoms with van der Waals surface area (Å²) in [7, 11) is -2.68. The number of carbonyl (C=O) groups excluding carboxylic acids is 1. The Balaban J connectivity index is 2.77. The van der Waals surface area contributed by atoms with Crippen molar-refractivity contribution in [3.63, 3.8) is 0 Å². The molecule has 7 nitrogen and oxygen atoms in total. The van der Waals surface area contributed by atoms with Crippen LogP contribution in [0, 0.1) is 5.41 Å². The van der Waals surface area contributed by atoms with Crippen LogP contribution in [0.5, 0.6) is 0 Å². The second-order valence-corrected chi connectivity index (χ2v) is 6.25. The van der Waals surface area contributed by atoms with Gasteiger partial charge >= 0.3 is 11.9 Å². The number of sulfonamides is 1. The van der Waals surface area contributed by atoms with Crippen LogP contribution in [0.3, 0.4) is 0 Å². The predicted octanol–water partition coefficient (Wildman–Crippen LogP) is -0.714. The minimum Gasteiger partial charge on any atom is -0.481 e. The summed E-state index contributed by atoms with van der Waals surface area (Å²) in [5.74, 6) is -2.64. The van der Waals surface area contributed by atoms with Gasteiger partial charge in [0, 0.05) is 13.1 Å². The lowest BCUT2D eigenvalue weighted by Crippen LogP contribution is -2.37. The van der Waals surface area contributed by atoms with Crippen LogP contribution in [-0.4, -0.2) is 55.7 Å². The molecule has 0 spiro atoms. The molecule has 1 rings (SSSR count). The molecule has 1 atom stereocenters. The van der Waals surface area contributed by atoms with Crippen LogP contribution in [0.25, 0.3) is 0 Å². The van der Waals surface area contributed by atoms with Gasteiger partial charge in [0.25, 0.3) is 0 Å². The molecule has 1 heterocycles. The van der Waals surface area contributed by atoms with Crippen LogP contribution in [0.2, 0.25) is 0 Å². The molecule has 0 aliphatic carbocycles. The van der Waals surface area contributed by atoms with Gasteiger partial charge in [-0.3, -0.25) is 9.59 Å². The van der Waals surface area contributed by atoms with E-state index in [9.17, 15) is 18.0 Å². The van der Waals surface area contributed by atoms with Crippen molar-refractivity contribution < 1.29 is 27.9 Å². The van der Waals surface area contributed by atoms with Crippen molar-refractivity contribution in [2.75, 3.05) is 26.0 Å². The fourth-order valence-electron chi connectivity index (χ4n) is 1.63. The van der Waals surface area contributed by atoms with Crippen LogP contribution in [0.15, 0.2) is 0 Å². The third kappa shape index (κ3) is 2.95. The van der Waals surface area contributed by atoms with Gasteiger partial charge in [0.05, 0.1) is 12.5 Å². The highest BCUT2D eigenvalue weighted by Gasteiger charge is 2.44. The molecule has 8 heteroatoms. The van der Waals surface area contributed by atoms with Crippen LogP contribution in [0.4, 0.5) is 0 Å². The highest BCUT2D eigenvalue weighted by Crippen LogP contribution is 2.31. The molecule has 98 valence electrons. The largest absolute Gasteiger partial charge is 0.481 e. The van der Waals surface area contributed by atoms with Crippen LogP contribution < -0.4 is 0 Å². The monoisotopic (exact) mass is 265 g/mol. The Morgan fingerprint density at radius 2 is 2.06 bits per heavy atom. The summed E-state index contributed by atoms with van der Waals surface area (Å²) in [5, 5.41) is 8.97. The highest BCUT2D eigenvalue weighted by molar-refractivity contribution is 7.89. The zero-order valence-corrected chi connectivity index (χ0v) is 10.5. The Kier molecular flexibility index (Phi) is 3.78. The number of aliphatic carboxylic acids is 1. The van der Waals surface area contributed by atoms with Crippen molar-refractivity contribution in [2.24, 2.45) is 5.41 Å². The van der Waals surface area contributed by atoms with Gasteiger partial charge in [0.2, 0.25) is 10.0 Å². The van der Waals surface area contributed by atoms with Gasteiger partial charge in [0.15, 0.2) is 5.75 Å². The Hall–Kier alpha value is -1.15. The second kappa shape index (κ2) is 4.61. The fraction of sp³-hybridized carbons (Fsp3) is 0.778. The summed E-state index contributed by atoms with van der Waals surface area (Å²) in [6.45, 7) is 1.49. The summed E-state index contributed by atoms with van der Waals surface area (Å²) in [5.41, 5.74) is -1.08. The maximum Gasteiger partial charge on any atom is 0.322 e. The lowest BCUT2D eigenvalue weighted by atomic mass is 9.90. The predicted molar refractivity (Wildman–Crippen MR) is 57.7 cm³/mol. The Morgan fingerprint density at radius 3 is 2.47 bits per heavy atom. The molecule has 0 aromatic rings. The molecule has 1 aliphatic heterocycles. The first-order valence-corrected chi connectivity index (χ1v) is 6.60. The van der Waals surface area contributed by atoms with E-state index in [4.69, 9.17) is 5.11 Å². The van der Waals surface area contributed by atoms with E-state index >= 15 is 0 Å². The number of carbonyl (C=O) groups is 2. The molecule has 0 radical (unpaired) electrons. The maximum atomic E-state index is 11.7. The molecule has 0 saturated carbocycles. The van der Waals surface area contributed by atoms with Crippen molar-refractivity contribution in [1.82, 2.24) is 4.31 Å². The zero-order valence-electron chi connectivity index (χ0n) is 9.67. The SMILES string of the molecule is COC(=O)CS(=O)(=O)N1CCC(C)(C(=O)O)C1. The van der Waals surface area contributed by atoms with Gasteiger partial charge in [-0.1, -0.05) is 0 Å². The molecule has 0 amide bonds. The standard InChI is InChI=1S/C9H15NO6S/c1-9(8(12)13)3-4-10(6-9)17(14,15)5-7(11)16-2/h3-6H2,1-2H3,(H,12,13). The average Bonchev–Trinajstić information content (AvgIpc) is 2.62. The number of hydrogen-bond acceptors (Lipinski definition) is 5. The molecular formula is C9H15NO6S. The van der Waals surface area contributed by atoms with Gasteiger partial charge in [-0.05, 0) is 13.3 Å². The molecular weight excluding hydrogens is 250 g/mol. The normalized spacial score (nSPS) is 25.8. The Morgan fingerprint density at radius 1 is 1.47 bits per heavy atom. The van der Waals surface area contributed by atoms with E-state index in [1.807, 2.05) is 0 Å². The summed E-state index contributed by atoms with van der Waals surface area (Å²) in [6, 6.07) is 0. The van der Waals surface area contributed by atoms with Crippen LogP contribution in [0.1, 0.15) is 13.3 Å². The number of nitrogens with zero attached hydrogens (tertiary/aromatic N) is 1. The van der Waals surface area contributed by atoms with Crippen molar-refractivity contribution in [3.8, 4) is 0 Å². The van der Waals surface area contributed by atoms with E-state index in [0.29, 0.717) is 0 Å². The van der Waals surface area contributed by atoms with Gasteiger partial charge in [-0.15, -0.1) is 0 Å². The molecule has 1 unspecified atom stereocenters. The van der Waals surface area contributed by atoms with E-state index in [-0.39, 0.29) is 19.5 Å². The van der Waals surface area contributed by atoms with Crippen molar-refractivity contribution >= 4 is 22.0 Å². The molecule has 1 fully saturated rings. The summed E-state index contributed by atoms with van der Waals surface area (Å²) < 4.78 is 28.8. The topological polar surface area (TPSA) is 101 Å². The summed E-state index contributed by atoms with van der Waals surface area (Å²) in [6.07, 6.45) is 0.239. The van der Waals surface area contributed by atoms with E-state index < -0.39 is 33.1 Å². The average molecular weight is 265 g/mol. The summed E-state index contributed by atoms with van der Waals surface area (Å²) >= 11 is 0. The molecule has 0 bridgehead atoms. The molecule has 17 heavy (non-hydrogen) atoms. The van der Waals surface area contributed by atoms with Crippen LogP contribution >= 0.6 is 0 Å². The first-order valence-electron chi connectivity index (χ1n) is 4.99. The van der Waals surface area contributed by atoms with Crippen molar-refractivity contribution in [2.45, 2.75) is 13.3 Å². The number of carboxylic acid groups (broad SMARTS) is 1. The smallest absolute Gasteiger partial charge is 0.322 e. The van der Waals surface area contributed by atoms with E-state index in [1.165, 1.54) is 6.92 Å². The first kappa shape index (κ1) is 13.9. The molecule has 0 aromatic heterocycles. The van der Waals surface area contributed by atoms with Gasteiger partial charge < -0.3 is 9.84 Å². The third-order valence-electron chi connectivity index (χ3n) is 2.88. The van der Waals surface area contributed by atoms with Gasteiger partial charge in [-0.25, -0.2) is 12.7 Å². The lowest BCUT2D eigenvalue weighted by molar-refractivity contribution is -0.146. The number of ether oxygens (including phenoxy) is 1. The van der Waals surface area contributed by atoms with E-state index in [1.54, 1.807) is 0 Å². The molecule has 1 aliphatic rings. The van der Waals surface area contributed by atoms with Gasteiger partial charge in [0.1, 0.15) is 0 Å². The summed E-state index contributed by atoms with van der Waals surface area (Å²) in [4.78, 5) is 21.9. The Bertz CT molecular complexity index is 431. The minimum absolute atomic E-state index is 0.109. The number of hydrogen-bond donors (Lipinski definition) is 1. The van der Waals surface area contributed by atoms with Crippen molar-refractivity contribution in [3.05, 3.63) is 0 Å². The second-order valence-electron chi connectivity index (χ2n) is 4.28. The zero-order chi connectivity index (χ0) is 13.3. The number of rotatable bonds is 4. The number of methoxy groups -OCH3 is 1. The quantitative estimate of drug-likeness (QED) is 0.673. The molecule has 1 N–H and O–H groups in total. The van der Waals surface area contributed by atoms with E-state index in [0.717, 1.165) is 11.4 Å². The number of carboxylic acids is 1. The first-order chi connectivity index (χ1) is 7.71. The highest BCUT2D eigenvalue weighted by atomic mass is 32.2. The van der Waals surface area contributed by atoms with Crippen molar-refractivity contribution in [1.29, 1.82) is 0 Å². The molecule has 0 aromatic carbocycles.